The normalized spacial score (nSPS) is 16.9. The Balaban J connectivity index is 1.60. The number of thiazole rings is 1. The minimum absolute atomic E-state index is 0.172. The molecule has 1 amide bonds. The summed E-state index contributed by atoms with van der Waals surface area (Å²) in [6, 6.07) is 0. The molecule has 0 aliphatic heterocycles. The Hall–Kier alpha value is -0.900. The number of aromatic nitrogens is 1. The number of rotatable bonds is 5. The first kappa shape index (κ1) is 12.6. The van der Waals surface area contributed by atoms with Crippen LogP contribution in [-0.2, 0) is 11.3 Å². The van der Waals surface area contributed by atoms with Gasteiger partial charge in [-0.3, -0.25) is 4.79 Å². The second kappa shape index (κ2) is 6.74. The Bertz CT molecular complexity index is 331. The molecule has 94 valence electrons. The molecule has 0 saturated heterocycles. The molecule has 1 fully saturated rings. The predicted molar refractivity (Wildman–Crippen MR) is 69.8 cm³/mol. The largest absolute Gasteiger partial charge is 0.350 e. The van der Waals surface area contributed by atoms with Crippen LogP contribution < -0.4 is 5.32 Å². The van der Waals surface area contributed by atoms with Crippen molar-refractivity contribution in [2.75, 3.05) is 0 Å². The first-order valence-electron chi connectivity index (χ1n) is 6.49. The topological polar surface area (TPSA) is 42.0 Å². The first-order valence-corrected chi connectivity index (χ1v) is 7.37. The Morgan fingerprint density at radius 2 is 2.24 bits per heavy atom. The van der Waals surface area contributed by atoms with E-state index >= 15 is 0 Å². The third-order valence-corrected chi connectivity index (χ3v) is 4.20. The molecule has 0 radical (unpaired) electrons. The molecule has 2 rings (SSSR count). The van der Waals surface area contributed by atoms with Crippen LogP contribution in [0.1, 0.15) is 50.0 Å². The molecule has 0 aromatic carbocycles. The zero-order chi connectivity index (χ0) is 11.9. The van der Waals surface area contributed by atoms with Gasteiger partial charge in [-0.25, -0.2) is 4.98 Å². The second-order valence-electron chi connectivity index (χ2n) is 4.75. The van der Waals surface area contributed by atoms with E-state index in [0.29, 0.717) is 13.0 Å². The van der Waals surface area contributed by atoms with Crippen LogP contribution in [0, 0.1) is 5.92 Å². The van der Waals surface area contributed by atoms with E-state index in [4.69, 9.17) is 0 Å². The molecule has 1 heterocycles. The lowest BCUT2D eigenvalue weighted by Gasteiger charge is -2.20. The highest BCUT2D eigenvalue weighted by molar-refractivity contribution is 7.09. The highest BCUT2D eigenvalue weighted by atomic mass is 32.1. The van der Waals surface area contributed by atoms with Crippen LogP contribution in [0.25, 0.3) is 0 Å². The molecule has 1 aromatic rings. The van der Waals surface area contributed by atoms with Gasteiger partial charge in [-0.1, -0.05) is 32.1 Å². The minimum atomic E-state index is 0.172. The van der Waals surface area contributed by atoms with Crippen LogP contribution >= 0.6 is 11.3 Å². The Kier molecular flexibility index (Phi) is 4.98. The Labute approximate surface area is 107 Å². The molecule has 0 spiro atoms. The summed E-state index contributed by atoms with van der Waals surface area (Å²) in [5.74, 6) is 0.958. The van der Waals surface area contributed by atoms with Crippen LogP contribution in [-0.4, -0.2) is 10.9 Å². The van der Waals surface area contributed by atoms with Crippen molar-refractivity contribution in [3.63, 3.8) is 0 Å². The highest BCUT2D eigenvalue weighted by Gasteiger charge is 2.14. The quantitative estimate of drug-likeness (QED) is 0.875. The van der Waals surface area contributed by atoms with Crippen LogP contribution in [0.15, 0.2) is 11.6 Å². The molecule has 0 unspecified atom stereocenters. The molecule has 3 nitrogen and oxygen atoms in total. The number of nitrogens with zero attached hydrogens (tertiary/aromatic N) is 1. The summed E-state index contributed by atoms with van der Waals surface area (Å²) in [6.45, 7) is 0.584. The molecule has 1 aromatic heterocycles. The zero-order valence-electron chi connectivity index (χ0n) is 10.2. The number of hydrogen-bond donors (Lipinski definition) is 1. The van der Waals surface area contributed by atoms with Gasteiger partial charge in [0.1, 0.15) is 5.01 Å². The summed E-state index contributed by atoms with van der Waals surface area (Å²) in [6.07, 6.45) is 10.2. The van der Waals surface area contributed by atoms with Crippen molar-refractivity contribution in [1.82, 2.24) is 10.3 Å². The number of amides is 1. The van der Waals surface area contributed by atoms with Crippen LogP contribution in [0.3, 0.4) is 0 Å². The van der Waals surface area contributed by atoms with E-state index in [0.717, 1.165) is 17.3 Å². The predicted octanol–water partition coefficient (Wildman–Crippen LogP) is 3.12. The van der Waals surface area contributed by atoms with Crippen molar-refractivity contribution in [2.45, 2.75) is 51.5 Å². The molecule has 0 atom stereocenters. The summed E-state index contributed by atoms with van der Waals surface area (Å²) in [5.41, 5.74) is 0. The van der Waals surface area contributed by atoms with E-state index in [-0.39, 0.29) is 5.91 Å². The summed E-state index contributed by atoms with van der Waals surface area (Å²) in [4.78, 5) is 15.8. The van der Waals surface area contributed by atoms with Crippen LogP contribution in [0.2, 0.25) is 0 Å². The lowest BCUT2D eigenvalue weighted by Crippen LogP contribution is -2.23. The van der Waals surface area contributed by atoms with Crippen molar-refractivity contribution in [1.29, 1.82) is 0 Å². The van der Waals surface area contributed by atoms with Crippen molar-refractivity contribution >= 4 is 17.2 Å². The van der Waals surface area contributed by atoms with Gasteiger partial charge in [-0.2, -0.15) is 0 Å². The van der Waals surface area contributed by atoms with Crippen molar-refractivity contribution in [3.8, 4) is 0 Å². The number of hydrogen-bond acceptors (Lipinski definition) is 3. The Morgan fingerprint density at radius 3 is 2.94 bits per heavy atom. The van der Waals surface area contributed by atoms with Gasteiger partial charge in [0.25, 0.3) is 0 Å². The maximum Gasteiger partial charge on any atom is 0.220 e. The summed E-state index contributed by atoms with van der Waals surface area (Å²) < 4.78 is 0. The van der Waals surface area contributed by atoms with Crippen molar-refractivity contribution in [3.05, 3.63) is 16.6 Å². The van der Waals surface area contributed by atoms with Crippen molar-refractivity contribution < 1.29 is 4.79 Å². The average molecular weight is 252 g/mol. The van der Waals surface area contributed by atoms with E-state index in [1.165, 1.54) is 32.1 Å². The molecule has 4 heteroatoms. The van der Waals surface area contributed by atoms with E-state index in [2.05, 4.69) is 10.3 Å². The Morgan fingerprint density at radius 1 is 1.41 bits per heavy atom. The van der Waals surface area contributed by atoms with Gasteiger partial charge in [0.05, 0.1) is 6.54 Å². The molecular weight excluding hydrogens is 232 g/mol. The van der Waals surface area contributed by atoms with Crippen LogP contribution in [0.5, 0.6) is 0 Å². The highest BCUT2D eigenvalue weighted by Crippen LogP contribution is 2.27. The van der Waals surface area contributed by atoms with E-state index in [1.54, 1.807) is 17.5 Å². The van der Waals surface area contributed by atoms with Gasteiger partial charge in [0, 0.05) is 18.0 Å². The SMILES string of the molecule is O=C(CCC1CCCCC1)NCc1nccs1. The third kappa shape index (κ3) is 4.46. The van der Waals surface area contributed by atoms with E-state index in [1.807, 2.05) is 5.38 Å². The fourth-order valence-corrected chi connectivity index (χ4v) is 2.97. The summed E-state index contributed by atoms with van der Waals surface area (Å²) in [5, 5.41) is 5.85. The lowest BCUT2D eigenvalue weighted by molar-refractivity contribution is -0.121. The zero-order valence-corrected chi connectivity index (χ0v) is 11.0. The number of carbonyl (C=O) groups excluding carboxylic acids is 1. The standard InChI is InChI=1S/C13H20N2OS/c16-12(15-10-13-14-8-9-17-13)7-6-11-4-2-1-3-5-11/h8-9,11H,1-7,10H2,(H,15,16). The minimum Gasteiger partial charge on any atom is -0.350 e. The smallest absolute Gasteiger partial charge is 0.220 e. The van der Waals surface area contributed by atoms with E-state index < -0.39 is 0 Å². The van der Waals surface area contributed by atoms with Gasteiger partial charge in [-0.05, 0) is 12.3 Å². The molecule has 1 N–H and O–H groups in total. The first-order chi connectivity index (χ1) is 8.34. The van der Waals surface area contributed by atoms with E-state index in [9.17, 15) is 4.79 Å². The number of nitrogens with one attached hydrogen (secondary N) is 1. The molecule has 1 aliphatic carbocycles. The third-order valence-electron chi connectivity index (χ3n) is 3.42. The van der Waals surface area contributed by atoms with Crippen molar-refractivity contribution in [2.24, 2.45) is 5.92 Å². The fourth-order valence-electron chi connectivity index (χ4n) is 2.41. The molecular formula is C13H20N2OS. The lowest BCUT2D eigenvalue weighted by atomic mass is 9.86. The molecule has 17 heavy (non-hydrogen) atoms. The average Bonchev–Trinajstić information content (AvgIpc) is 2.88. The number of carbonyl (C=O) groups is 1. The van der Waals surface area contributed by atoms with Gasteiger partial charge >= 0.3 is 0 Å². The maximum absolute atomic E-state index is 11.6. The summed E-state index contributed by atoms with van der Waals surface area (Å²) in [7, 11) is 0. The van der Waals surface area contributed by atoms with Gasteiger partial charge < -0.3 is 5.32 Å². The monoisotopic (exact) mass is 252 g/mol. The van der Waals surface area contributed by atoms with Gasteiger partial charge in [-0.15, -0.1) is 11.3 Å². The van der Waals surface area contributed by atoms with Gasteiger partial charge in [0.2, 0.25) is 5.91 Å². The molecule has 0 bridgehead atoms. The molecule has 1 aliphatic rings. The second-order valence-corrected chi connectivity index (χ2v) is 5.72. The van der Waals surface area contributed by atoms with Crippen LogP contribution in [0.4, 0.5) is 0 Å². The van der Waals surface area contributed by atoms with Gasteiger partial charge in [0.15, 0.2) is 0 Å². The molecule has 1 saturated carbocycles. The fraction of sp³-hybridized carbons (Fsp3) is 0.692. The summed E-state index contributed by atoms with van der Waals surface area (Å²) >= 11 is 1.59. The maximum atomic E-state index is 11.6.